The van der Waals surface area contributed by atoms with Crippen LogP contribution in [0.4, 0.5) is 0 Å². The molecule has 1 rings (SSSR count). The normalized spacial score (nSPS) is 12.9. The first-order valence-electron chi connectivity index (χ1n) is 7.10. The van der Waals surface area contributed by atoms with Gasteiger partial charge in [0.15, 0.2) is 0 Å². The number of hydrogen-bond donors (Lipinski definition) is 1. The number of hydrogen-bond acceptors (Lipinski definition) is 3. The molecule has 4 nitrogen and oxygen atoms in total. The smallest absolute Gasteiger partial charge is 0.0624 e. The Hall–Kier alpha value is -0.870. The molecule has 1 heterocycles. The minimum absolute atomic E-state index is 0.206. The van der Waals surface area contributed by atoms with Crippen molar-refractivity contribution >= 4 is 0 Å². The molecule has 1 aromatic rings. The van der Waals surface area contributed by atoms with Gasteiger partial charge in [-0.05, 0) is 39.2 Å². The van der Waals surface area contributed by atoms with E-state index in [1.54, 1.807) is 0 Å². The molecule has 0 saturated heterocycles. The SMILES string of the molecule is CCOCCCC(N)Cc1cc(CC)nn1CC. The average Bonchev–Trinajstić information content (AvgIpc) is 2.77. The molecule has 0 aliphatic carbocycles. The van der Waals surface area contributed by atoms with Crippen molar-refractivity contribution in [2.24, 2.45) is 5.73 Å². The maximum atomic E-state index is 6.17. The molecule has 0 aromatic carbocycles. The molecule has 2 N–H and O–H groups in total. The molecule has 4 heteroatoms. The largest absolute Gasteiger partial charge is 0.382 e. The van der Waals surface area contributed by atoms with E-state index in [9.17, 15) is 0 Å². The van der Waals surface area contributed by atoms with Crippen molar-refractivity contribution in [3.8, 4) is 0 Å². The Balaban J connectivity index is 2.42. The second kappa shape index (κ2) is 8.27. The van der Waals surface area contributed by atoms with E-state index < -0.39 is 0 Å². The number of nitrogens with zero attached hydrogens (tertiary/aromatic N) is 2. The van der Waals surface area contributed by atoms with Crippen LogP contribution < -0.4 is 5.73 Å². The monoisotopic (exact) mass is 253 g/mol. The number of rotatable bonds is 9. The van der Waals surface area contributed by atoms with Gasteiger partial charge in [0.25, 0.3) is 0 Å². The third-order valence-electron chi connectivity index (χ3n) is 3.11. The van der Waals surface area contributed by atoms with Gasteiger partial charge in [0.2, 0.25) is 0 Å². The molecule has 0 bridgehead atoms. The van der Waals surface area contributed by atoms with Gasteiger partial charge in [-0.1, -0.05) is 6.92 Å². The first-order chi connectivity index (χ1) is 8.71. The second-order valence-corrected chi connectivity index (χ2v) is 4.60. The van der Waals surface area contributed by atoms with E-state index in [1.165, 1.54) is 5.69 Å². The van der Waals surface area contributed by atoms with Crippen LogP contribution in [0, 0.1) is 0 Å². The number of nitrogens with two attached hydrogens (primary N) is 1. The highest BCUT2D eigenvalue weighted by Crippen LogP contribution is 2.10. The molecule has 0 radical (unpaired) electrons. The highest BCUT2D eigenvalue weighted by molar-refractivity contribution is 5.11. The minimum atomic E-state index is 0.206. The maximum absolute atomic E-state index is 6.17. The van der Waals surface area contributed by atoms with Crippen molar-refractivity contribution in [2.45, 2.75) is 59.0 Å². The van der Waals surface area contributed by atoms with Gasteiger partial charge in [-0.2, -0.15) is 5.10 Å². The second-order valence-electron chi connectivity index (χ2n) is 4.60. The van der Waals surface area contributed by atoms with E-state index in [1.807, 2.05) is 6.92 Å². The summed E-state index contributed by atoms with van der Waals surface area (Å²) in [7, 11) is 0. The molecule has 0 saturated carbocycles. The van der Waals surface area contributed by atoms with Crippen LogP contribution in [0.3, 0.4) is 0 Å². The molecule has 0 fully saturated rings. The Morgan fingerprint density at radius 2 is 2.17 bits per heavy atom. The predicted octanol–water partition coefficient (Wildman–Crippen LogP) is 2.15. The zero-order chi connectivity index (χ0) is 13.4. The number of aromatic nitrogens is 2. The molecule has 104 valence electrons. The summed E-state index contributed by atoms with van der Waals surface area (Å²) >= 11 is 0. The van der Waals surface area contributed by atoms with Crippen LogP contribution in [0.25, 0.3) is 0 Å². The fourth-order valence-corrected chi connectivity index (χ4v) is 2.09. The molecule has 0 aliphatic rings. The maximum Gasteiger partial charge on any atom is 0.0624 e. The summed E-state index contributed by atoms with van der Waals surface area (Å²) in [5, 5.41) is 4.55. The van der Waals surface area contributed by atoms with Gasteiger partial charge in [-0.3, -0.25) is 4.68 Å². The molecule has 0 amide bonds. The fraction of sp³-hybridized carbons (Fsp3) is 0.786. The topological polar surface area (TPSA) is 53.1 Å². The molecule has 0 spiro atoms. The quantitative estimate of drug-likeness (QED) is 0.686. The van der Waals surface area contributed by atoms with E-state index in [0.29, 0.717) is 0 Å². The summed E-state index contributed by atoms with van der Waals surface area (Å²) < 4.78 is 7.40. The highest BCUT2D eigenvalue weighted by atomic mass is 16.5. The Labute approximate surface area is 111 Å². The average molecular weight is 253 g/mol. The summed E-state index contributed by atoms with van der Waals surface area (Å²) in [6, 6.07) is 2.39. The Morgan fingerprint density at radius 3 is 2.78 bits per heavy atom. The zero-order valence-electron chi connectivity index (χ0n) is 12.0. The molecule has 1 aromatic heterocycles. The molecule has 18 heavy (non-hydrogen) atoms. The lowest BCUT2D eigenvalue weighted by Crippen LogP contribution is -2.24. The van der Waals surface area contributed by atoms with Crippen LogP contribution >= 0.6 is 0 Å². The predicted molar refractivity (Wildman–Crippen MR) is 74.7 cm³/mol. The van der Waals surface area contributed by atoms with Crippen molar-refractivity contribution in [1.29, 1.82) is 0 Å². The lowest BCUT2D eigenvalue weighted by molar-refractivity contribution is 0.142. The minimum Gasteiger partial charge on any atom is -0.382 e. The Morgan fingerprint density at radius 1 is 1.39 bits per heavy atom. The Bertz CT molecular complexity index is 336. The van der Waals surface area contributed by atoms with Crippen LogP contribution in [-0.4, -0.2) is 29.0 Å². The van der Waals surface area contributed by atoms with Gasteiger partial charge >= 0.3 is 0 Å². The summed E-state index contributed by atoms with van der Waals surface area (Å²) in [4.78, 5) is 0. The zero-order valence-corrected chi connectivity index (χ0v) is 12.0. The van der Waals surface area contributed by atoms with Crippen LogP contribution in [-0.2, 0) is 24.1 Å². The third-order valence-corrected chi connectivity index (χ3v) is 3.11. The summed E-state index contributed by atoms with van der Waals surface area (Å²) in [6.45, 7) is 8.80. The van der Waals surface area contributed by atoms with Crippen molar-refractivity contribution < 1.29 is 4.74 Å². The third kappa shape index (κ3) is 4.78. The van der Waals surface area contributed by atoms with Gasteiger partial charge in [-0.25, -0.2) is 0 Å². The van der Waals surface area contributed by atoms with Gasteiger partial charge in [0.1, 0.15) is 0 Å². The van der Waals surface area contributed by atoms with Crippen molar-refractivity contribution in [2.75, 3.05) is 13.2 Å². The van der Waals surface area contributed by atoms with Crippen molar-refractivity contribution in [1.82, 2.24) is 9.78 Å². The van der Waals surface area contributed by atoms with Gasteiger partial charge in [0.05, 0.1) is 5.69 Å². The highest BCUT2D eigenvalue weighted by Gasteiger charge is 2.10. The van der Waals surface area contributed by atoms with E-state index >= 15 is 0 Å². The first kappa shape index (κ1) is 15.2. The number of ether oxygens (including phenoxy) is 1. The van der Waals surface area contributed by atoms with Gasteiger partial charge in [-0.15, -0.1) is 0 Å². The Kier molecular flexibility index (Phi) is 6.98. The van der Waals surface area contributed by atoms with Crippen molar-refractivity contribution in [3.05, 3.63) is 17.5 Å². The molecule has 0 aliphatic heterocycles. The van der Waals surface area contributed by atoms with Gasteiger partial charge in [0, 0.05) is 37.9 Å². The van der Waals surface area contributed by atoms with E-state index in [4.69, 9.17) is 10.5 Å². The lowest BCUT2D eigenvalue weighted by Gasteiger charge is -2.12. The van der Waals surface area contributed by atoms with Crippen LogP contribution in [0.1, 0.15) is 45.0 Å². The van der Waals surface area contributed by atoms with Crippen molar-refractivity contribution in [3.63, 3.8) is 0 Å². The molecule has 1 atom stereocenters. The standard InChI is InChI=1S/C14H27N3O/c1-4-13-11-14(17(5-2)16-13)10-12(15)8-7-9-18-6-3/h11-12H,4-10,15H2,1-3H3. The first-order valence-corrected chi connectivity index (χ1v) is 7.10. The summed E-state index contributed by atoms with van der Waals surface area (Å²) in [5.41, 5.74) is 8.59. The van der Waals surface area contributed by atoms with E-state index in [2.05, 4.69) is 29.7 Å². The van der Waals surface area contributed by atoms with Crippen LogP contribution in [0.2, 0.25) is 0 Å². The van der Waals surface area contributed by atoms with Crippen LogP contribution in [0.5, 0.6) is 0 Å². The molecular weight excluding hydrogens is 226 g/mol. The van der Waals surface area contributed by atoms with Crippen LogP contribution in [0.15, 0.2) is 6.07 Å². The van der Waals surface area contributed by atoms with E-state index in [0.717, 1.165) is 51.1 Å². The lowest BCUT2D eigenvalue weighted by atomic mass is 10.1. The van der Waals surface area contributed by atoms with E-state index in [-0.39, 0.29) is 6.04 Å². The molecular formula is C14H27N3O. The number of aryl methyl sites for hydroxylation is 2. The fourth-order valence-electron chi connectivity index (χ4n) is 2.09. The molecule has 1 unspecified atom stereocenters. The van der Waals surface area contributed by atoms with Gasteiger partial charge < -0.3 is 10.5 Å². The summed E-state index contributed by atoms with van der Waals surface area (Å²) in [5.74, 6) is 0. The summed E-state index contributed by atoms with van der Waals surface area (Å²) in [6.07, 6.45) is 3.94.